The van der Waals surface area contributed by atoms with Crippen LogP contribution in [0.1, 0.15) is 30.2 Å². The molecule has 0 bridgehead atoms. The van der Waals surface area contributed by atoms with Gasteiger partial charge in [0, 0.05) is 18.4 Å². The van der Waals surface area contributed by atoms with Gasteiger partial charge < -0.3 is 10.1 Å². The van der Waals surface area contributed by atoms with E-state index in [1.165, 1.54) is 24.3 Å². The van der Waals surface area contributed by atoms with Gasteiger partial charge in [-0.15, -0.1) is 0 Å². The van der Waals surface area contributed by atoms with E-state index in [-0.39, 0.29) is 16.5 Å². The zero-order valence-corrected chi connectivity index (χ0v) is 14.9. The van der Waals surface area contributed by atoms with Gasteiger partial charge in [0.2, 0.25) is 0 Å². The molecule has 0 fully saturated rings. The second-order valence-electron chi connectivity index (χ2n) is 5.68. The third kappa shape index (κ3) is 4.90. The highest BCUT2D eigenvalue weighted by Crippen LogP contribution is 2.14. The molecule has 1 heterocycles. The van der Waals surface area contributed by atoms with Crippen molar-refractivity contribution in [2.24, 2.45) is 0 Å². The Kier molecular flexibility index (Phi) is 5.58. The summed E-state index contributed by atoms with van der Waals surface area (Å²) in [6, 6.07) is 7.15. The number of nitrogens with zero attached hydrogens (tertiary/aromatic N) is 2. The summed E-state index contributed by atoms with van der Waals surface area (Å²) in [6.07, 6.45) is 2.60. The van der Waals surface area contributed by atoms with Crippen molar-refractivity contribution in [2.75, 3.05) is 18.2 Å². The van der Waals surface area contributed by atoms with E-state index < -0.39 is 28.3 Å². The number of rotatable bonds is 6. The van der Waals surface area contributed by atoms with Crippen LogP contribution in [-0.4, -0.2) is 42.9 Å². The quantitative estimate of drug-likeness (QED) is 0.780. The Hall–Kier alpha value is -2.68. The predicted octanol–water partition coefficient (Wildman–Crippen LogP) is 1.66. The van der Waals surface area contributed by atoms with Crippen LogP contribution in [0.15, 0.2) is 41.4 Å². The van der Waals surface area contributed by atoms with Crippen LogP contribution < -0.4 is 5.32 Å². The van der Waals surface area contributed by atoms with Crippen LogP contribution >= 0.6 is 0 Å². The minimum atomic E-state index is -3.43. The van der Waals surface area contributed by atoms with Gasteiger partial charge in [0.25, 0.3) is 5.91 Å². The molecular formula is C16H19N3O5S. The molecule has 0 unspecified atom stereocenters. The second-order valence-corrected chi connectivity index (χ2v) is 7.69. The van der Waals surface area contributed by atoms with E-state index in [9.17, 15) is 18.0 Å². The van der Waals surface area contributed by atoms with Crippen molar-refractivity contribution in [2.45, 2.75) is 24.8 Å². The van der Waals surface area contributed by atoms with Crippen LogP contribution in [0.25, 0.3) is 0 Å². The van der Waals surface area contributed by atoms with Crippen molar-refractivity contribution in [1.82, 2.24) is 9.78 Å². The summed E-state index contributed by atoms with van der Waals surface area (Å²) < 4.78 is 29.6. The number of hydrogen-bond donors (Lipinski definition) is 1. The first-order valence-electron chi connectivity index (χ1n) is 7.49. The Balaban J connectivity index is 1.98. The van der Waals surface area contributed by atoms with Crippen molar-refractivity contribution in [1.29, 1.82) is 0 Å². The van der Waals surface area contributed by atoms with Crippen molar-refractivity contribution in [3.63, 3.8) is 0 Å². The van der Waals surface area contributed by atoms with Gasteiger partial charge in [-0.05, 0) is 32.0 Å². The topological polar surface area (TPSA) is 107 Å². The molecule has 2 aromatic rings. The number of nitrogens with one attached hydrogen (secondary N) is 1. The number of sulfone groups is 1. The van der Waals surface area contributed by atoms with Crippen LogP contribution in [0.3, 0.4) is 0 Å². The molecule has 8 nitrogen and oxygen atoms in total. The number of carbonyl (C=O) groups excluding carboxylic acids is 2. The zero-order valence-electron chi connectivity index (χ0n) is 14.1. The minimum absolute atomic E-state index is 0.00670. The molecule has 0 aliphatic carbocycles. The number of amides is 1. The average molecular weight is 365 g/mol. The number of aromatic nitrogens is 2. The molecular weight excluding hydrogens is 346 g/mol. The first kappa shape index (κ1) is 18.7. The maximum absolute atomic E-state index is 12.0. The molecule has 2 rings (SSSR count). The fourth-order valence-electron chi connectivity index (χ4n) is 2.07. The maximum atomic E-state index is 12.0. The molecule has 0 aliphatic rings. The highest BCUT2D eigenvalue weighted by molar-refractivity contribution is 7.90. The lowest BCUT2D eigenvalue weighted by molar-refractivity contribution is -0.119. The number of hydrogen-bond acceptors (Lipinski definition) is 6. The predicted molar refractivity (Wildman–Crippen MR) is 91.1 cm³/mol. The largest absolute Gasteiger partial charge is 0.452 e. The molecule has 134 valence electrons. The molecule has 1 N–H and O–H groups in total. The Morgan fingerprint density at radius 3 is 2.64 bits per heavy atom. The number of esters is 1. The molecule has 1 aromatic carbocycles. The van der Waals surface area contributed by atoms with E-state index in [4.69, 9.17) is 4.74 Å². The first-order valence-corrected chi connectivity index (χ1v) is 9.38. The van der Waals surface area contributed by atoms with Crippen LogP contribution in [0, 0.1) is 0 Å². The van der Waals surface area contributed by atoms with E-state index in [0.717, 1.165) is 6.26 Å². The Morgan fingerprint density at radius 1 is 1.28 bits per heavy atom. The SMILES string of the molecule is CC(C)n1nccc1NC(=O)COC(=O)c1cccc(S(C)(=O)=O)c1. The fraction of sp³-hybridized carbons (Fsp3) is 0.312. The van der Waals surface area contributed by atoms with Crippen molar-refractivity contribution in [3.8, 4) is 0 Å². The van der Waals surface area contributed by atoms with Crippen molar-refractivity contribution in [3.05, 3.63) is 42.1 Å². The molecule has 9 heteroatoms. The van der Waals surface area contributed by atoms with Crippen LogP contribution in [0.2, 0.25) is 0 Å². The van der Waals surface area contributed by atoms with Gasteiger partial charge in [-0.25, -0.2) is 17.9 Å². The smallest absolute Gasteiger partial charge is 0.338 e. The van der Waals surface area contributed by atoms with Gasteiger partial charge in [-0.3, -0.25) is 4.79 Å². The highest BCUT2D eigenvalue weighted by Gasteiger charge is 2.15. The van der Waals surface area contributed by atoms with Gasteiger partial charge in [0.05, 0.1) is 16.7 Å². The number of carbonyl (C=O) groups is 2. The summed E-state index contributed by atoms with van der Waals surface area (Å²) >= 11 is 0. The van der Waals surface area contributed by atoms with Gasteiger partial charge in [-0.2, -0.15) is 5.10 Å². The Morgan fingerprint density at radius 2 is 2.00 bits per heavy atom. The summed E-state index contributed by atoms with van der Waals surface area (Å²) in [6.45, 7) is 3.33. The molecule has 0 spiro atoms. The van der Waals surface area contributed by atoms with Crippen molar-refractivity contribution < 1.29 is 22.7 Å². The van der Waals surface area contributed by atoms with Crippen LogP contribution in [0.5, 0.6) is 0 Å². The molecule has 1 amide bonds. The first-order chi connectivity index (χ1) is 11.7. The van der Waals surface area contributed by atoms with Crippen molar-refractivity contribution >= 4 is 27.5 Å². The van der Waals surface area contributed by atoms with E-state index in [1.807, 2.05) is 13.8 Å². The standard InChI is InChI=1S/C16H19N3O5S/c1-11(2)19-14(7-8-17-19)18-15(20)10-24-16(21)12-5-4-6-13(9-12)25(3,22)23/h4-9,11H,10H2,1-3H3,(H,18,20). The van der Waals surface area contributed by atoms with Gasteiger partial charge in [0.15, 0.2) is 16.4 Å². The van der Waals surface area contributed by atoms with Gasteiger partial charge in [0.1, 0.15) is 5.82 Å². The lowest BCUT2D eigenvalue weighted by Gasteiger charge is -2.12. The maximum Gasteiger partial charge on any atom is 0.338 e. The van der Waals surface area contributed by atoms with E-state index in [1.54, 1.807) is 16.9 Å². The van der Waals surface area contributed by atoms with E-state index in [2.05, 4.69) is 10.4 Å². The third-order valence-electron chi connectivity index (χ3n) is 3.26. The molecule has 1 aromatic heterocycles. The Bertz CT molecular complexity index is 887. The zero-order chi connectivity index (χ0) is 18.6. The fourth-order valence-corrected chi connectivity index (χ4v) is 2.74. The van der Waals surface area contributed by atoms with Gasteiger partial charge in [-0.1, -0.05) is 6.07 Å². The summed E-state index contributed by atoms with van der Waals surface area (Å²) in [5.41, 5.74) is 0.0583. The Labute approximate surface area is 145 Å². The number of benzene rings is 1. The monoisotopic (exact) mass is 365 g/mol. The normalized spacial score (nSPS) is 11.4. The van der Waals surface area contributed by atoms with E-state index in [0.29, 0.717) is 5.82 Å². The molecule has 0 atom stereocenters. The van der Waals surface area contributed by atoms with E-state index >= 15 is 0 Å². The summed E-state index contributed by atoms with van der Waals surface area (Å²) in [5.74, 6) is -0.803. The highest BCUT2D eigenvalue weighted by atomic mass is 32.2. The summed E-state index contributed by atoms with van der Waals surface area (Å²) in [4.78, 5) is 23.9. The lowest BCUT2D eigenvalue weighted by Crippen LogP contribution is -2.23. The summed E-state index contributed by atoms with van der Waals surface area (Å²) in [5, 5.41) is 6.68. The third-order valence-corrected chi connectivity index (χ3v) is 4.37. The minimum Gasteiger partial charge on any atom is -0.452 e. The average Bonchev–Trinajstić information content (AvgIpc) is 3.00. The van der Waals surface area contributed by atoms with Crippen LogP contribution in [0.4, 0.5) is 5.82 Å². The summed E-state index contributed by atoms with van der Waals surface area (Å²) in [7, 11) is -3.43. The molecule has 0 radical (unpaired) electrons. The molecule has 0 saturated carbocycles. The van der Waals surface area contributed by atoms with Gasteiger partial charge >= 0.3 is 5.97 Å². The van der Waals surface area contributed by atoms with Crippen LogP contribution in [-0.2, 0) is 19.4 Å². The number of anilines is 1. The molecule has 25 heavy (non-hydrogen) atoms. The second kappa shape index (κ2) is 7.47. The molecule has 0 aliphatic heterocycles. The molecule has 0 saturated heterocycles. The lowest BCUT2D eigenvalue weighted by atomic mass is 10.2. The number of ether oxygens (including phenoxy) is 1.